The number of likely N-dealkylation sites (tertiary alicyclic amines) is 1. The minimum absolute atomic E-state index is 0. The van der Waals surface area contributed by atoms with E-state index in [4.69, 9.17) is 28.2 Å². The van der Waals surface area contributed by atoms with Gasteiger partial charge in [-0.1, -0.05) is 35.7 Å². The summed E-state index contributed by atoms with van der Waals surface area (Å²) in [6, 6.07) is 7.61. The molecule has 2 aromatic heterocycles. The third-order valence-corrected chi connectivity index (χ3v) is 7.95. The van der Waals surface area contributed by atoms with Gasteiger partial charge in [-0.3, -0.25) is 4.90 Å². The Morgan fingerprint density at radius 2 is 1.97 bits per heavy atom. The Kier molecular flexibility index (Phi) is 8.59. The van der Waals surface area contributed by atoms with Gasteiger partial charge in [0.25, 0.3) is 0 Å². The van der Waals surface area contributed by atoms with Gasteiger partial charge in [0.1, 0.15) is 17.4 Å². The molecular formula is C25H30Cl3N7O. The van der Waals surface area contributed by atoms with Crippen LogP contribution in [0.25, 0.3) is 11.2 Å². The largest absolute Gasteiger partial charge is 0.396 e. The van der Waals surface area contributed by atoms with Crippen molar-refractivity contribution in [1.29, 1.82) is 5.26 Å². The maximum atomic E-state index is 10.2. The van der Waals surface area contributed by atoms with E-state index < -0.39 is 0 Å². The Balaban J connectivity index is 0.00000304. The lowest BCUT2D eigenvalue weighted by atomic mass is 9.90. The Labute approximate surface area is 227 Å². The molecule has 3 aromatic rings. The number of fused-ring (bicyclic) bond motifs is 1. The molecule has 0 radical (unpaired) electrons. The molecule has 1 unspecified atom stereocenters. The van der Waals surface area contributed by atoms with E-state index in [1.807, 2.05) is 13.0 Å². The number of aliphatic hydroxyl groups is 1. The summed E-state index contributed by atoms with van der Waals surface area (Å²) in [6.45, 7) is 5.91. The first-order valence-corrected chi connectivity index (χ1v) is 13.0. The molecule has 0 amide bonds. The standard InChI is InChI=1S/C25H29Cl2N7O.ClH/c1-16(19-6-5-18(26)11-20(19)27)34-25-24(21(12-28)31-34)29-13-23(30-25)33-10-7-22(17(14-33)15-35)32-8-3-2-4-9-32;/h5-6,11,13,16-17,22,35H,2-4,7-10,14-15H2,1H3;1H/t16?,17-,22-;/m1./s1. The number of hydrogen-bond donors (Lipinski definition) is 1. The minimum atomic E-state index is -0.274. The first-order valence-electron chi connectivity index (χ1n) is 12.2. The van der Waals surface area contributed by atoms with Crippen LogP contribution >= 0.6 is 35.6 Å². The molecule has 2 aliphatic heterocycles. The fraction of sp³-hybridized carbons (Fsp3) is 0.520. The summed E-state index contributed by atoms with van der Waals surface area (Å²) in [5, 5.41) is 25.4. The number of benzene rings is 1. The zero-order valence-electron chi connectivity index (χ0n) is 20.1. The number of hydrogen-bond acceptors (Lipinski definition) is 7. The SMILES string of the molecule is CC(c1ccc(Cl)cc1Cl)n1nc(C#N)c2ncc(N3CC[C@@H](N4CCCCC4)[C@@H](CO)C3)nc21.Cl. The molecule has 4 heterocycles. The average Bonchev–Trinajstić information content (AvgIpc) is 3.26. The van der Waals surface area contributed by atoms with Gasteiger partial charge in [-0.2, -0.15) is 10.4 Å². The fourth-order valence-electron chi connectivity index (χ4n) is 5.51. The summed E-state index contributed by atoms with van der Waals surface area (Å²) in [6.07, 6.45) is 6.46. The van der Waals surface area contributed by atoms with E-state index in [0.717, 1.165) is 44.0 Å². The highest BCUT2D eigenvalue weighted by atomic mass is 35.5. The van der Waals surface area contributed by atoms with Crippen molar-refractivity contribution in [3.8, 4) is 6.07 Å². The summed E-state index contributed by atoms with van der Waals surface area (Å²) in [4.78, 5) is 14.2. The zero-order chi connectivity index (χ0) is 24.5. The van der Waals surface area contributed by atoms with Crippen LogP contribution in [-0.4, -0.2) is 68.6 Å². The van der Waals surface area contributed by atoms with E-state index in [1.54, 1.807) is 23.0 Å². The van der Waals surface area contributed by atoms with Crippen LogP contribution in [-0.2, 0) is 0 Å². The molecule has 0 spiro atoms. The molecular weight excluding hydrogens is 521 g/mol. The third-order valence-electron chi connectivity index (χ3n) is 7.39. The number of aliphatic hydroxyl groups excluding tert-OH is 1. The first-order chi connectivity index (χ1) is 17.0. The van der Waals surface area contributed by atoms with Gasteiger partial charge in [0, 0.05) is 41.7 Å². The van der Waals surface area contributed by atoms with Crippen molar-refractivity contribution in [3.05, 3.63) is 45.7 Å². The van der Waals surface area contributed by atoms with Crippen LogP contribution in [0.15, 0.2) is 24.4 Å². The van der Waals surface area contributed by atoms with Gasteiger partial charge in [0.05, 0.1) is 12.2 Å². The molecule has 3 atom stereocenters. The topological polar surface area (TPSA) is 94.1 Å². The lowest BCUT2D eigenvalue weighted by molar-refractivity contribution is 0.0676. The van der Waals surface area contributed by atoms with Gasteiger partial charge in [0.2, 0.25) is 0 Å². The number of nitriles is 1. The number of halogens is 3. The highest BCUT2D eigenvalue weighted by molar-refractivity contribution is 6.35. The van der Waals surface area contributed by atoms with Crippen molar-refractivity contribution in [2.24, 2.45) is 5.92 Å². The Bertz CT molecular complexity index is 1250. The zero-order valence-corrected chi connectivity index (χ0v) is 22.5. The van der Waals surface area contributed by atoms with E-state index in [9.17, 15) is 10.4 Å². The molecule has 2 saturated heterocycles. The number of rotatable bonds is 5. The molecule has 5 rings (SSSR count). The van der Waals surface area contributed by atoms with Crippen LogP contribution < -0.4 is 4.90 Å². The molecule has 0 bridgehead atoms. The second kappa shape index (κ2) is 11.5. The van der Waals surface area contributed by atoms with Crippen LogP contribution in [0.4, 0.5) is 5.82 Å². The maximum absolute atomic E-state index is 10.2. The maximum Gasteiger partial charge on any atom is 0.190 e. The Morgan fingerprint density at radius 3 is 2.67 bits per heavy atom. The fourth-order valence-corrected chi connectivity index (χ4v) is 6.07. The first kappa shape index (κ1) is 26.9. The normalized spacial score (nSPS) is 21.7. The summed E-state index contributed by atoms with van der Waals surface area (Å²) >= 11 is 12.5. The van der Waals surface area contributed by atoms with Crippen LogP contribution in [0.1, 0.15) is 49.9 Å². The highest BCUT2D eigenvalue weighted by Crippen LogP contribution is 2.32. The number of anilines is 1. The number of nitrogens with zero attached hydrogens (tertiary/aromatic N) is 7. The predicted molar refractivity (Wildman–Crippen MR) is 144 cm³/mol. The van der Waals surface area contributed by atoms with Crippen molar-refractivity contribution < 1.29 is 5.11 Å². The molecule has 2 aliphatic rings. The van der Waals surface area contributed by atoms with Crippen molar-refractivity contribution in [3.63, 3.8) is 0 Å². The van der Waals surface area contributed by atoms with Gasteiger partial charge in [-0.15, -0.1) is 12.4 Å². The second-order valence-electron chi connectivity index (χ2n) is 9.49. The van der Waals surface area contributed by atoms with E-state index in [2.05, 4.69) is 26.0 Å². The van der Waals surface area contributed by atoms with Gasteiger partial charge >= 0.3 is 0 Å². The van der Waals surface area contributed by atoms with Gasteiger partial charge < -0.3 is 10.0 Å². The van der Waals surface area contributed by atoms with E-state index in [1.165, 1.54) is 19.3 Å². The van der Waals surface area contributed by atoms with Crippen LogP contribution in [0.2, 0.25) is 10.0 Å². The van der Waals surface area contributed by atoms with E-state index >= 15 is 0 Å². The average molecular weight is 551 g/mol. The van der Waals surface area contributed by atoms with Crippen molar-refractivity contribution in [2.75, 3.05) is 37.7 Å². The molecule has 1 N–H and O–H groups in total. The van der Waals surface area contributed by atoms with Crippen molar-refractivity contribution >= 4 is 52.6 Å². The molecule has 0 aliphatic carbocycles. The Morgan fingerprint density at radius 1 is 1.19 bits per heavy atom. The molecule has 192 valence electrons. The number of piperidine rings is 2. The Hall–Kier alpha value is -2.15. The van der Waals surface area contributed by atoms with Crippen LogP contribution in [0.5, 0.6) is 0 Å². The van der Waals surface area contributed by atoms with Crippen LogP contribution in [0.3, 0.4) is 0 Å². The second-order valence-corrected chi connectivity index (χ2v) is 10.3. The molecule has 8 nitrogen and oxygen atoms in total. The van der Waals surface area contributed by atoms with E-state index in [-0.39, 0.29) is 36.7 Å². The van der Waals surface area contributed by atoms with Gasteiger partial charge in [-0.05, 0) is 57.0 Å². The summed E-state index contributed by atoms with van der Waals surface area (Å²) < 4.78 is 1.71. The number of aromatic nitrogens is 4. The lowest BCUT2D eigenvalue weighted by Crippen LogP contribution is -2.53. The molecule has 11 heteroatoms. The van der Waals surface area contributed by atoms with E-state index in [0.29, 0.717) is 27.3 Å². The summed E-state index contributed by atoms with van der Waals surface area (Å²) in [5.41, 5.74) is 2.07. The van der Waals surface area contributed by atoms with Crippen LogP contribution in [0, 0.1) is 17.2 Å². The highest BCUT2D eigenvalue weighted by Gasteiger charge is 2.34. The third kappa shape index (κ3) is 5.13. The minimum Gasteiger partial charge on any atom is -0.396 e. The molecule has 36 heavy (non-hydrogen) atoms. The quantitative estimate of drug-likeness (QED) is 0.492. The summed E-state index contributed by atoms with van der Waals surface area (Å²) in [7, 11) is 0. The smallest absolute Gasteiger partial charge is 0.190 e. The molecule has 0 saturated carbocycles. The van der Waals surface area contributed by atoms with Crippen molar-refractivity contribution in [2.45, 2.75) is 44.7 Å². The molecule has 2 fully saturated rings. The monoisotopic (exact) mass is 549 g/mol. The lowest BCUT2D eigenvalue weighted by Gasteiger charge is -2.45. The van der Waals surface area contributed by atoms with Gasteiger partial charge in [0.15, 0.2) is 11.3 Å². The predicted octanol–water partition coefficient (Wildman–Crippen LogP) is 4.71. The summed E-state index contributed by atoms with van der Waals surface area (Å²) in [5.74, 6) is 0.888. The van der Waals surface area contributed by atoms with Crippen molar-refractivity contribution in [1.82, 2.24) is 24.6 Å². The van der Waals surface area contributed by atoms with Gasteiger partial charge in [-0.25, -0.2) is 14.6 Å². The molecule has 1 aromatic carbocycles.